The number of hydrogen-bond acceptors (Lipinski definition) is 4. The molecule has 6 heteroatoms. The zero-order valence-corrected chi connectivity index (χ0v) is 16.3. The Labute approximate surface area is 163 Å². The number of rotatable bonds is 4. The average Bonchev–Trinajstić information content (AvgIpc) is 3.11. The van der Waals surface area contributed by atoms with Crippen molar-refractivity contribution in [2.24, 2.45) is 0 Å². The van der Waals surface area contributed by atoms with Crippen LogP contribution < -0.4 is 0 Å². The van der Waals surface area contributed by atoms with Gasteiger partial charge in [-0.1, -0.05) is 36.0 Å². The highest BCUT2D eigenvalue weighted by atomic mass is 32.2. The first-order valence-corrected chi connectivity index (χ1v) is 10.2. The van der Waals surface area contributed by atoms with Gasteiger partial charge in [-0.25, -0.2) is 4.98 Å². The molecule has 1 aliphatic rings. The first-order valence-electron chi connectivity index (χ1n) is 9.19. The number of aromatic amines is 1. The van der Waals surface area contributed by atoms with Crippen LogP contribution in [0.5, 0.6) is 0 Å². The fourth-order valence-electron chi connectivity index (χ4n) is 3.25. The number of ether oxygens (including phenoxy) is 1. The molecule has 1 aromatic heterocycles. The summed E-state index contributed by atoms with van der Waals surface area (Å²) in [6.45, 7) is 5.27. The monoisotopic (exact) mass is 381 g/mol. The standard InChI is InChI=1S/C21H23N3O2S/c1-14-12-26-15(2)11-24(14)20(25)17-9-7-16(8-10-17)13-27-21-22-18-5-3-4-6-19(18)23-21/h3-10,14-15H,11-13H2,1-2H3,(H,22,23). The summed E-state index contributed by atoms with van der Waals surface area (Å²) < 4.78 is 5.62. The smallest absolute Gasteiger partial charge is 0.254 e. The van der Waals surface area contributed by atoms with Gasteiger partial charge in [0, 0.05) is 17.9 Å². The second kappa shape index (κ2) is 7.74. The lowest BCUT2D eigenvalue weighted by molar-refractivity contribution is -0.0387. The van der Waals surface area contributed by atoms with Gasteiger partial charge in [0.1, 0.15) is 0 Å². The van der Waals surface area contributed by atoms with Crippen molar-refractivity contribution in [2.45, 2.75) is 36.9 Å². The van der Waals surface area contributed by atoms with E-state index in [0.29, 0.717) is 13.2 Å². The second-order valence-electron chi connectivity index (χ2n) is 7.00. The Morgan fingerprint density at radius 1 is 1.22 bits per heavy atom. The third-order valence-corrected chi connectivity index (χ3v) is 5.76. The Balaban J connectivity index is 1.40. The lowest BCUT2D eigenvalue weighted by Crippen LogP contribution is -2.50. The third-order valence-electron chi connectivity index (χ3n) is 4.81. The molecule has 0 spiro atoms. The van der Waals surface area contributed by atoms with Crippen LogP contribution in [0.15, 0.2) is 53.7 Å². The Morgan fingerprint density at radius 3 is 2.78 bits per heavy atom. The van der Waals surface area contributed by atoms with Gasteiger partial charge in [-0.05, 0) is 43.7 Å². The lowest BCUT2D eigenvalue weighted by Gasteiger charge is -2.36. The number of morpholine rings is 1. The van der Waals surface area contributed by atoms with Gasteiger partial charge in [0.2, 0.25) is 0 Å². The number of carbonyl (C=O) groups is 1. The summed E-state index contributed by atoms with van der Waals surface area (Å²) >= 11 is 1.66. The molecule has 140 valence electrons. The van der Waals surface area contributed by atoms with Crippen molar-refractivity contribution in [3.63, 3.8) is 0 Å². The van der Waals surface area contributed by atoms with Crippen LogP contribution in [-0.4, -0.2) is 46.1 Å². The molecule has 0 radical (unpaired) electrons. The van der Waals surface area contributed by atoms with Gasteiger partial charge in [0.05, 0.1) is 29.8 Å². The zero-order valence-electron chi connectivity index (χ0n) is 15.5. The third kappa shape index (κ3) is 4.01. The zero-order chi connectivity index (χ0) is 18.8. The Morgan fingerprint density at radius 2 is 2.00 bits per heavy atom. The van der Waals surface area contributed by atoms with E-state index in [1.165, 1.54) is 5.56 Å². The van der Waals surface area contributed by atoms with E-state index < -0.39 is 0 Å². The quantitative estimate of drug-likeness (QED) is 0.691. The van der Waals surface area contributed by atoms with Crippen molar-refractivity contribution in [1.82, 2.24) is 14.9 Å². The van der Waals surface area contributed by atoms with E-state index in [-0.39, 0.29) is 18.1 Å². The SMILES string of the molecule is CC1CN(C(=O)c2ccc(CSc3nc4ccccc4[nH]3)cc2)C(C)CO1. The van der Waals surface area contributed by atoms with E-state index in [4.69, 9.17) is 4.74 Å². The van der Waals surface area contributed by atoms with Crippen LogP contribution in [0.3, 0.4) is 0 Å². The molecule has 1 fully saturated rings. The van der Waals surface area contributed by atoms with Crippen LogP contribution in [-0.2, 0) is 10.5 Å². The van der Waals surface area contributed by atoms with Gasteiger partial charge in [-0.2, -0.15) is 0 Å². The number of nitrogens with zero attached hydrogens (tertiary/aromatic N) is 2. The number of thioether (sulfide) groups is 1. The van der Waals surface area contributed by atoms with Gasteiger partial charge in [-0.3, -0.25) is 4.79 Å². The molecule has 2 heterocycles. The maximum Gasteiger partial charge on any atom is 0.254 e. The highest BCUT2D eigenvalue weighted by Crippen LogP contribution is 2.23. The summed E-state index contributed by atoms with van der Waals surface area (Å²) in [7, 11) is 0. The second-order valence-corrected chi connectivity index (χ2v) is 7.96. The molecule has 3 aromatic rings. The van der Waals surface area contributed by atoms with E-state index in [2.05, 4.69) is 9.97 Å². The van der Waals surface area contributed by atoms with Gasteiger partial charge >= 0.3 is 0 Å². The predicted molar refractivity (Wildman–Crippen MR) is 108 cm³/mol. The Hall–Kier alpha value is -2.31. The number of nitrogens with one attached hydrogen (secondary N) is 1. The van der Waals surface area contributed by atoms with Crippen LogP contribution in [0, 0.1) is 0 Å². The summed E-state index contributed by atoms with van der Waals surface area (Å²) in [4.78, 5) is 22.6. The fourth-order valence-corrected chi connectivity index (χ4v) is 4.09. The maximum absolute atomic E-state index is 12.8. The van der Waals surface area contributed by atoms with E-state index in [1.54, 1.807) is 11.8 Å². The van der Waals surface area contributed by atoms with E-state index in [9.17, 15) is 4.79 Å². The number of aromatic nitrogens is 2. The minimum Gasteiger partial charge on any atom is -0.375 e. The number of carbonyl (C=O) groups excluding carboxylic acids is 1. The molecular weight excluding hydrogens is 358 g/mol. The lowest BCUT2D eigenvalue weighted by atomic mass is 10.1. The molecular formula is C21H23N3O2S. The van der Waals surface area contributed by atoms with E-state index in [1.807, 2.05) is 67.3 Å². The number of para-hydroxylation sites is 2. The summed E-state index contributed by atoms with van der Waals surface area (Å²) in [6.07, 6.45) is 0.0876. The molecule has 1 N–H and O–H groups in total. The number of hydrogen-bond donors (Lipinski definition) is 1. The average molecular weight is 382 g/mol. The summed E-state index contributed by atoms with van der Waals surface area (Å²) in [5.41, 5.74) is 3.93. The minimum atomic E-state index is 0.0779. The summed E-state index contributed by atoms with van der Waals surface area (Å²) in [5.74, 6) is 0.883. The first kappa shape index (κ1) is 18.1. The molecule has 2 aromatic carbocycles. The van der Waals surface area contributed by atoms with E-state index in [0.717, 1.165) is 27.5 Å². The van der Waals surface area contributed by atoms with Crippen molar-refractivity contribution in [3.05, 3.63) is 59.7 Å². The largest absolute Gasteiger partial charge is 0.375 e. The molecule has 2 atom stereocenters. The van der Waals surface area contributed by atoms with Gasteiger partial charge in [-0.15, -0.1) is 0 Å². The molecule has 0 bridgehead atoms. The summed E-state index contributed by atoms with van der Waals surface area (Å²) in [6, 6.07) is 16.0. The van der Waals surface area contributed by atoms with Crippen molar-refractivity contribution >= 4 is 28.7 Å². The number of amides is 1. The van der Waals surface area contributed by atoms with Crippen LogP contribution in [0.1, 0.15) is 29.8 Å². The fraction of sp³-hybridized carbons (Fsp3) is 0.333. The molecule has 1 saturated heterocycles. The number of benzene rings is 2. The predicted octanol–water partition coefficient (Wildman–Crippen LogP) is 4.10. The summed E-state index contributed by atoms with van der Waals surface area (Å²) in [5, 5.41) is 0.910. The number of H-pyrrole nitrogens is 1. The molecule has 0 aliphatic carbocycles. The van der Waals surface area contributed by atoms with Gasteiger partial charge in [0.25, 0.3) is 5.91 Å². The molecule has 2 unspecified atom stereocenters. The van der Waals surface area contributed by atoms with Crippen molar-refractivity contribution in [2.75, 3.05) is 13.2 Å². The highest BCUT2D eigenvalue weighted by molar-refractivity contribution is 7.98. The Bertz CT molecular complexity index is 905. The van der Waals surface area contributed by atoms with Crippen LogP contribution in [0.4, 0.5) is 0 Å². The number of imidazole rings is 1. The maximum atomic E-state index is 12.8. The normalized spacial score (nSPS) is 20.1. The van der Waals surface area contributed by atoms with Crippen molar-refractivity contribution < 1.29 is 9.53 Å². The van der Waals surface area contributed by atoms with Crippen LogP contribution in [0.25, 0.3) is 11.0 Å². The molecule has 1 aliphatic heterocycles. The molecule has 5 nitrogen and oxygen atoms in total. The minimum absolute atomic E-state index is 0.0779. The van der Waals surface area contributed by atoms with Gasteiger partial charge < -0.3 is 14.6 Å². The highest BCUT2D eigenvalue weighted by Gasteiger charge is 2.28. The van der Waals surface area contributed by atoms with Gasteiger partial charge in [0.15, 0.2) is 5.16 Å². The Kier molecular flexibility index (Phi) is 5.18. The van der Waals surface area contributed by atoms with Crippen molar-refractivity contribution in [1.29, 1.82) is 0 Å². The molecule has 0 saturated carbocycles. The molecule has 4 rings (SSSR count). The van der Waals surface area contributed by atoms with Crippen LogP contribution in [0.2, 0.25) is 0 Å². The van der Waals surface area contributed by atoms with Crippen molar-refractivity contribution in [3.8, 4) is 0 Å². The number of fused-ring (bicyclic) bond motifs is 1. The van der Waals surface area contributed by atoms with Crippen LogP contribution >= 0.6 is 11.8 Å². The topological polar surface area (TPSA) is 58.2 Å². The molecule has 27 heavy (non-hydrogen) atoms. The van der Waals surface area contributed by atoms with E-state index >= 15 is 0 Å². The molecule has 1 amide bonds. The first-order chi connectivity index (χ1) is 13.1.